The highest BCUT2D eigenvalue weighted by molar-refractivity contribution is 7.92. The van der Waals surface area contributed by atoms with Gasteiger partial charge in [0.05, 0.1) is 15.0 Å². The smallest absolute Gasteiger partial charge is 0.223 e. The molecule has 1 unspecified atom stereocenters. The summed E-state index contributed by atoms with van der Waals surface area (Å²) in [5.41, 5.74) is 0.851. The molecule has 1 aliphatic heterocycles. The first-order valence-corrected chi connectivity index (χ1v) is 10.7. The van der Waals surface area contributed by atoms with E-state index in [1.54, 1.807) is 48.5 Å². The van der Waals surface area contributed by atoms with E-state index in [0.717, 1.165) is 5.56 Å². The van der Waals surface area contributed by atoms with Crippen LogP contribution in [0.5, 0.6) is 0 Å². The molecular formula is C17H19NO4S2. The van der Waals surface area contributed by atoms with Gasteiger partial charge in [-0.15, -0.1) is 0 Å². The maximum atomic E-state index is 12.7. The molecule has 128 valence electrons. The Labute approximate surface area is 142 Å². The van der Waals surface area contributed by atoms with E-state index in [2.05, 4.69) is 0 Å². The summed E-state index contributed by atoms with van der Waals surface area (Å²) in [4.78, 5) is 0.449. The number of nitrogens with zero attached hydrogens (tertiary/aromatic N) is 1. The molecule has 0 saturated carbocycles. The van der Waals surface area contributed by atoms with Gasteiger partial charge in [-0.05, 0) is 43.2 Å². The molecule has 1 heterocycles. The maximum absolute atomic E-state index is 12.7. The lowest BCUT2D eigenvalue weighted by molar-refractivity contribution is 0.476. The number of benzene rings is 2. The Morgan fingerprint density at radius 3 is 2.25 bits per heavy atom. The number of rotatable bonds is 4. The lowest BCUT2D eigenvalue weighted by atomic mass is 10.2. The van der Waals surface area contributed by atoms with Crippen molar-refractivity contribution >= 4 is 19.9 Å². The van der Waals surface area contributed by atoms with E-state index in [1.165, 1.54) is 4.31 Å². The fourth-order valence-corrected chi connectivity index (χ4v) is 6.31. The summed E-state index contributed by atoms with van der Waals surface area (Å²) < 4.78 is 52.1. The van der Waals surface area contributed by atoms with E-state index in [9.17, 15) is 16.8 Å². The molecule has 1 aliphatic rings. The molecule has 0 N–H and O–H groups in total. The average molecular weight is 365 g/mol. The van der Waals surface area contributed by atoms with Gasteiger partial charge >= 0.3 is 0 Å². The van der Waals surface area contributed by atoms with Crippen LogP contribution in [0.15, 0.2) is 64.4 Å². The van der Waals surface area contributed by atoms with Gasteiger partial charge in [0, 0.05) is 13.1 Å². The van der Waals surface area contributed by atoms with Crippen LogP contribution in [0.4, 0.5) is 0 Å². The average Bonchev–Trinajstić information content (AvgIpc) is 3.07. The molecule has 1 atom stereocenters. The van der Waals surface area contributed by atoms with Gasteiger partial charge in [0.1, 0.15) is 0 Å². The summed E-state index contributed by atoms with van der Waals surface area (Å²) in [6.07, 6.45) is 0.308. The van der Waals surface area contributed by atoms with Crippen LogP contribution in [0.3, 0.4) is 0 Å². The van der Waals surface area contributed by atoms with Crippen molar-refractivity contribution in [2.45, 2.75) is 28.4 Å². The molecule has 0 spiro atoms. The van der Waals surface area contributed by atoms with Crippen molar-refractivity contribution in [3.8, 4) is 0 Å². The van der Waals surface area contributed by atoms with E-state index < -0.39 is 25.1 Å². The number of sulfone groups is 1. The summed E-state index contributed by atoms with van der Waals surface area (Å²) in [5.74, 6) is 0. The number of aryl methyl sites for hydroxylation is 1. The van der Waals surface area contributed by atoms with Crippen LogP contribution in [0.1, 0.15) is 12.0 Å². The van der Waals surface area contributed by atoms with Gasteiger partial charge in [0.15, 0.2) is 9.84 Å². The van der Waals surface area contributed by atoms with Gasteiger partial charge < -0.3 is 0 Å². The zero-order valence-electron chi connectivity index (χ0n) is 13.3. The molecule has 2 aromatic carbocycles. The topological polar surface area (TPSA) is 71.5 Å². The molecule has 5 nitrogen and oxygen atoms in total. The molecule has 3 rings (SSSR count). The van der Waals surface area contributed by atoms with Crippen molar-refractivity contribution < 1.29 is 16.8 Å². The van der Waals surface area contributed by atoms with Crippen LogP contribution in [-0.2, 0) is 19.9 Å². The molecule has 7 heteroatoms. The van der Waals surface area contributed by atoms with Crippen LogP contribution >= 0.6 is 0 Å². The van der Waals surface area contributed by atoms with Crippen molar-refractivity contribution in [2.24, 2.45) is 0 Å². The standard InChI is InChI=1S/C17H19NO4S2/c1-14-6-5-9-16(12-14)24(21,22)18-11-10-17(13-18)23(19,20)15-7-3-2-4-8-15/h2-9,12,17H,10-11,13H2,1H3. The van der Waals surface area contributed by atoms with Gasteiger partial charge in [-0.3, -0.25) is 0 Å². The van der Waals surface area contributed by atoms with E-state index in [1.807, 2.05) is 13.0 Å². The monoisotopic (exact) mass is 365 g/mol. The molecular weight excluding hydrogens is 346 g/mol. The largest absolute Gasteiger partial charge is 0.243 e. The predicted octanol–water partition coefficient (Wildman–Crippen LogP) is 2.23. The molecule has 0 amide bonds. The Morgan fingerprint density at radius 2 is 1.58 bits per heavy atom. The van der Waals surface area contributed by atoms with Gasteiger partial charge in [-0.25, -0.2) is 16.8 Å². The SMILES string of the molecule is Cc1cccc(S(=O)(=O)N2CCC(S(=O)(=O)c3ccccc3)C2)c1. The van der Waals surface area contributed by atoms with Crippen LogP contribution in [0.2, 0.25) is 0 Å². The molecule has 0 bridgehead atoms. The van der Waals surface area contributed by atoms with Crippen molar-refractivity contribution in [2.75, 3.05) is 13.1 Å². The Bertz CT molecular complexity index is 938. The second-order valence-electron chi connectivity index (χ2n) is 5.95. The fraction of sp³-hybridized carbons (Fsp3) is 0.294. The Morgan fingerprint density at radius 1 is 0.917 bits per heavy atom. The molecule has 0 radical (unpaired) electrons. The second-order valence-corrected chi connectivity index (χ2v) is 10.1. The van der Waals surface area contributed by atoms with E-state index in [4.69, 9.17) is 0 Å². The Hall–Kier alpha value is -1.70. The number of hydrogen-bond acceptors (Lipinski definition) is 4. The maximum Gasteiger partial charge on any atom is 0.243 e. The third-order valence-corrected chi connectivity index (χ3v) is 8.30. The third kappa shape index (κ3) is 3.11. The zero-order chi connectivity index (χ0) is 17.4. The summed E-state index contributed by atoms with van der Waals surface area (Å²) in [5, 5.41) is -0.709. The van der Waals surface area contributed by atoms with Crippen LogP contribution in [0, 0.1) is 6.92 Å². The molecule has 0 aromatic heterocycles. The first-order chi connectivity index (χ1) is 11.3. The quantitative estimate of drug-likeness (QED) is 0.833. The van der Waals surface area contributed by atoms with E-state index >= 15 is 0 Å². The molecule has 24 heavy (non-hydrogen) atoms. The van der Waals surface area contributed by atoms with Gasteiger partial charge in [-0.1, -0.05) is 30.3 Å². The number of sulfonamides is 1. The second kappa shape index (κ2) is 6.31. The highest BCUT2D eigenvalue weighted by Crippen LogP contribution is 2.28. The van der Waals surface area contributed by atoms with Crippen molar-refractivity contribution in [1.29, 1.82) is 0 Å². The highest BCUT2D eigenvalue weighted by atomic mass is 32.2. The minimum absolute atomic E-state index is 0.00645. The predicted molar refractivity (Wildman–Crippen MR) is 92.0 cm³/mol. The van der Waals surface area contributed by atoms with Crippen LogP contribution < -0.4 is 0 Å². The first-order valence-electron chi connectivity index (χ1n) is 7.67. The minimum Gasteiger partial charge on any atom is -0.223 e. The van der Waals surface area contributed by atoms with Gasteiger partial charge in [0.2, 0.25) is 10.0 Å². The van der Waals surface area contributed by atoms with Gasteiger partial charge in [-0.2, -0.15) is 4.31 Å². The number of hydrogen-bond donors (Lipinski definition) is 0. The molecule has 0 aliphatic carbocycles. The van der Waals surface area contributed by atoms with Crippen LogP contribution in [0.25, 0.3) is 0 Å². The molecule has 1 saturated heterocycles. The summed E-state index contributed by atoms with van der Waals surface area (Å²) in [6.45, 7) is 2.03. The normalized spacial score (nSPS) is 19.5. The van der Waals surface area contributed by atoms with Gasteiger partial charge in [0.25, 0.3) is 0 Å². The lowest BCUT2D eigenvalue weighted by Crippen LogP contribution is -2.32. The first kappa shape index (κ1) is 17.1. The minimum atomic E-state index is -3.67. The summed E-state index contributed by atoms with van der Waals surface area (Å²) in [7, 11) is -7.20. The molecule has 1 fully saturated rings. The Kier molecular flexibility index (Phi) is 4.50. The van der Waals surface area contributed by atoms with Crippen molar-refractivity contribution in [3.63, 3.8) is 0 Å². The van der Waals surface area contributed by atoms with E-state index in [-0.39, 0.29) is 22.9 Å². The summed E-state index contributed by atoms with van der Waals surface area (Å²) >= 11 is 0. The molecule has 2 aromatic rings. The van der Waals surface area contributed by atoms with E-state index in [0.29, 0.717) is 6.42 Å². The van der Waals surface area contributed by atoms with Crippen LogP contribution in [-0.4, -0.2) is 39.5 Å². The lowest BCUT2D eigenvalue weighted by Gasteiger charge is -2.17. The fourth-order valence-electron chi connectivity index (χ4n) is 2.90. The summed E-state index contributed by atoms with van der Waals surface area (Å²) in [6, 6.07) is 14.9. The van der Waals surface area contributed by atoms with Crippen molar-refractivity contribution in [1.82, 2.24) is 4.31 Å². The zero-order valence-corrected chi connectivity index (χ0v) is 14.9. The third-order valence-electron chi connectivity index (χ3n) is 4.25. The Balaban J connectivity index is 1.85. The highest BCUT2D eigenvalue weighted by Gasteiger charge is 2.39. The van der Waals surface area contributed by atoms with Crippen molar-refractivity contribution in [3.05, 3.63) is 60.2 Å².